The normalized spacial score (nSPS) is 11.0. The monoisotopic (exact) mass is 416 g/mol. The van der Waals surface area contributed by atoms with E-state index in [1.807, 2.05) is 6.08 Å². The van der Waals surface area contributed by atoms with Crippen LogP contribution in [0.2, 0.25) is 0 Å². The summed E-state index contributed by atoms with van der Waals surface area (Å²) in [4.78, 5) is 6.59. The van der Waals surface area contributed by atoms with E-state index in [0.29, 0.717) is 6.54 Å². The quantitative estimate of drug-likeness (QED) is 0.296. The minimum atomic E-state index is 0. The molecule has 1 aromatic carbocycles. The number of aliphatic imine (C=N–C) groups is 1. The van der Waals surface area contributed by atoms with Gasteiger partial charge in [0.2, 0.25) is 0 Å². The predicted molar refractivity (Wildman–Crippen MR) is 107 cm³/mol. The summed E-state index contributed by atoms with van der Waals surface area (Å²) in [6.45, 7) is 12.7. The fourth-order valence-corrected chi connectivity index (χ4v) is 2.12. The zero-order valence-corrected chi connectivity index (χ0v) is 16.3. The molecule has 0 bridgehead atoms. The summed E-state index contributed by atoms with van der Waals surface area (Å²) >= 11 is 0. The van der Waals surface area contributed by atoms with Gasteiger partial charge in [0.05, 0.1) is 0 Å². The minimum absolute atomic E-state index is 0. The Balaban J connectivity index is 0.00000441. The maximum atomic E-state index is 4.18. The van der Waals surface area contributed by atoms with Gasteiger partial charge < -0.3 is 10.6 Å². The van der Waals surface area contributed by atoms with E-state index in [0.717, 1.165) is 32.1 Å². The molecule has 0 aromatic heterocycles. The smallest absolute Gasteiger partial charge is 0.191 e. The first-order chi connectivity index (χ1) is 10.2. The minimum Gasteiger partial charge on any atom is -0.353 e. The molecule has 4 nitrogen and oxygen atoms in total. The summed E-state index contributed by atoms with van der Waals surface area (Å²) in [5.41, 5.74) is 2.62. The summed E-state index contributed by atoms with van der Waals surface area (Å²) in [6, 6.07) is 8.70. The second kappa shape index (κ2) is 12.5. The van der Waals surface area contributed by atoms with Crippen LogP contribution in [-0.4, -0.2) is 37.5 Å². The highest BCUT2D eigenvalue weighted by Gasteiger charge is 2.02. The maximum absolute atomic E-state index is 4.18. The highest BCUT2D eigenvalue weighted by atomic mass is 127. The first-order valence-electron chi connectivity index (χ1n) is 7.59. The second-order valence-electron chi connectivity index (χ2n) is 4.88. The Morgan fingerprint density at radius 2 is 1.91 bits per heavy atom. The summed E-state index contributed by atoms with van der Waals surface area (Å²) in [5, 5.41) is 6.47. The van der Waals surface area contributed by atoms with E-state index in [-0.39, 0.29) is 24.0 Å². The Hall–Kier alpha value is -1.08. The molecule has 0 fully saturated rings. The zero-order chi connectivity index (χ0) is 15.5. The summed E-state index contributed by atoms with van der Waals surface area (Å²) in [7, 11) is 1.77. The van der Waals surface area contributed by atoms with Crippen LogP contribution >= 0.6 is 24.0 Å². The number of benzene rings is 1. The number of nitrogens with zero attached hydrogens (tertiary/aromatic N) is 2. The van der Waals surface area contributed by atoms with Gasteiger partial charge in [0.1, 0.15) is 0 Å². The molecular weight excluding hydrogens is 387 g/mol. The summed E-state index contributed by atoms with van der Waals surface area (Å²) in [5.74, 6) is 0.795. The number of halogens is 1. The molecule has 0 saturated carbocycles. The number of hydrogen-bond acceptors (Lipinski definition) is 2. The molecule has 0 atom stereocenters. The van der Waals surface area contributed by atoms with Crippen LogP contribution in [0.25, 0.3) is 0 Å². The van der Waals surface area contributed by atoms with Gasteiger partial charge in [-0.2, -0.15) is 0 Å². The third kappa shape index (κ3) is 7.79. The molecule has 1 rings (SSSR count). The lowest BCUT2D eigenvalue weighted by molar-refractivity contribution is 0.296. The number of nitrogens with one attached hydrogen (secondary N) is 2. The van der Waals surface area contributed by atoms with E-state index in [1.165, 1.54) is 11.1 Å². The highest BCUT2D eigenvalue weighted by Crippen LogP contribution is 2.08. The van der Waals surface area contributed by atoms with Gasteiger partial charge in [-0.05, 0) is 24.2 Å². The van der Waals surface area contributed by atoms with Gasteiger partial charge in [-0.3, -0.25) is 9.89 Å². The average molecular weight is 416 g/mol. The lowest BCUT2D eigenvalue weighted by atomic mass is 10.1. The van der Waals surface area contributed by atoms with Crippen LogP contribution in [0.4, 0.5) is 0 Å². The molecule has 1 aromatic rings. The molecule has 0 heterocycles. The molecule has 0 radical (unpaired) electrons. The molecule has 22 heavy (non-hydrogen) atoms. The van der Waals surface area contributed by atoms with E-state index >= 15 is 0 Å². The zero-order valence-electron chi connectivity index (χ0n) is 13.9. The number of hydrogen-bond donors (Lipinski definition) is 2. The lowest BCUT2D eigenvalue weighted by Gasteiger charge is -2.18. The van der Waals surface area contributed by atoms with Gasteiger partial charge >= 0.3 is 0 Å². The van der Waals surface area contributed by atoms with E-state index in [2.05, 4.69) is 65.2 Å². The van der Waals surface area contributed by atoms with Gasteiger partial charge in [0, 0.05) is 26.7 Å². The second-order valence-corrected chi connectivity index (χ2v) is 4.88. The largest absolute Gasteiger partial charge is 0.353 e. The van der Waals surface area contributed by atoms with Crippen molar-refractivity contribution in [3.63, 3.8) is 0 Å². The Labute approximate surface area is 152 Å². The van der Waals surface area contributed by atoms with Crippen molar-refractivity contribution in [2.75, 3.05) is 26.7 Å². The van der Waals surface area contributed by atoms with Crippen LogP contribution < -0.4 is 10.6 Å². The molecule has 0 amide bonds. The Morgan fingerprint density at radius 3 is 2.50 bits per heavy atom. The van der Waals surface area contributed by atoms with Crippen LogP contribution in [0, 0.1) is 0 Å². The number of rotatable bonds is 8. The Kier molecular flexibility index (Phi) is 11.9. The SMILES string of the molecule is C=CCNC(=NC)NCc1cccc(CN(CC)CC)c1.I. The molecule has 0 aliphatic carbocycles. The first kappa shape index (κ1) is 20.9. The highest BCUT2D eigenvalue weighted by molar-refractivity contribution is 14.0. The average Bonchev–Trinajstić information content (AvgIpc) is 2.53. The number of guanidine groups is 1. The van der Waals surface area contributed by atoms with E-state index < -0.39 is 0 Å². The third-order valence-electron chi connectivity index (χ3n) is 3.39. The molecule has 0 aliphatic rings. The molecule has 0 unspecified atom stereocenters. The molecule has 0 saturated heterocycles. The van der Waals surface area contributed by atoms with E-state index in [1.54, 1.807) is 7.05 Å². The van der Waals surface area contributed by atoms with Crippen molar-refractivity contribution in [1.82, 2.24) is 15.5 Å². The van der Waals surface area contributed by atoms with Crippen LogP contribution in [0.3, 0.4) is 0 Å². The third-order valence-corrected chi connectivity index (χ3v) is 3.39. The van der Waals surface area contributed by atoms with Crippen LogP contribution in [0.5, 0.6) is 0 Å². The molecule has 5 heteroatoms. The van der Waals surface area contributed by atoms with Crippen LogP contribution in [-0.2, 0) is 13.1 Å². The molecule has 0 aliphatic heterocycles. The molecule has 0 spiro atoms. The van der Waals surface area contributed by atoms with Crippen molar-refractivity contribution in [2.24, 2.45) is 4.99 Å². The standard InChI is InChI=1S/C17H28N4.HI/c1-5-11-19-17(18-4)20-13-15-9-8-10-16(12-15)14-21(6-2)7-3;/h5,8-10,12H,1,6-7,11,13-14H2,2-4H3,(H2,18,19,20);1H. The van der Waals surface area contributed by atoms with Crippen molar-refractivity contribution in [3.8, 4) is 0 Å². The topological polar surface area (TPSA) is 39.7 Å². The van der Waals surface area contributed by atoms with Gasteiger partial charge in [-0.15, -0.1) is 30.6 Å². The predicted octanol–water partition coefficient (Wildman–Crippen LogP) is 3.00. The molecule has 124 valence electrons. The van der Waals surface area contributed by atoms with Crippen molar-refractivity contribution in [2.45, 2.75) is 26.9 Å². The fourth-order valence-electron chi connectivity index (χ4n) is 2.12. The van der Waals surface area contributed by atoms with Crippen molar-refractivity contribution in [3.05, 3.63) is 48.0 Å². The van der Waals surface area contributed by atoms with Crippen LogP contribution in [0.1, 0.15) is 25.0 Å². The van der Waals surface area contributed by atoms with Crippen molar-refractivity contribution in [1.29, 1.82) is 0 Å². The van der Waals surface area contributed by atoms with E-state index in [4.69, 9.17) is 0 Å². The summed E-state index contributed by atoms with van der Waals surface area (Å²) in [6.07, 6.45) is 1.82. The van der Waals surface area contributed by atoms with Crippen molar-refractivity contribution >= 4 is 29.9 Å². The van der Waals surface area contributed by atoms with Gasteiger partial charge in [0.15, 0.2) is 5.96 Å². The molecular formula is C17H29IN4. The molecule has 2 N–H and O–H groups in total. The van der Waals surface area contributed by atoms with Gasteiger partial charge in [-0.25, -0.2) is 0 Å². The van der Waals surface area contributed by atoms with Gasteiger partial charge in [0.25, 0.3) is 0 Å². The summed E-state index contributed by atoms with van der Waals surface area (Å²) < 4.78 is 0. The van der Waals surface area contributed by atoms with Crippen molar-refractivity contribution < 1.29 is 0 Å². The lowest BCUT2D eigenvalue weighted by Crippen LogP contribution is -2.36. The first-order valence-corrected chi connectivity index (χ1v) is 7.59. The Morgan fingerprint density at radius 1 is 1.23 bits per heavy atom. The maximum Gasteiger partial charge on any atom is 0.191 e. The van der Waals surface area contributed by atoms with Gasteiger partial charge in [-0.1, -0.05) is 44.2 Å². The van der Waals surface area contributed by atoms with E-state index in [9.17, 15) is 0 Å². The van der Waals surface area contributed by atoms with Crippen LogP contribution in [0.15, 0.2) is 41.9 Å². The fraction of sp³-hybridized carbons (Fsp3) is 0.471. The Bertz CT molecular complexity index is 456.